The van der Waals surface area contributed by atoms with Crippen LogP contribution in [0.25, 0.3) is 0 Å². The summed E-state index contributed by atoms with van der Waals surface area (Å²) in [5.74, 6) is -0.847. The van der Waals surface area contributed by atoms with Crippen molar-refractivity contribution in [2.45, 2.75) is 12.8 Å². The number of hydrogen-bond donors (Lipinski definition) is 2. The molecular formula is C19H15ClN4O4S. The van der Waals surface area contributed by atoms with Gasteiger partial charge >= 0.3 is 0 Å². The zero-order chi connectivity index (χ0) is 20.8. The van der Waals surface area contributed by atoms with E-state index in [1.165, 1.54) is 17.5 Å². The number of rotatable bonds is 7. The lowest BCUT2D eigenvalue weighted by atomic mass is 10.1. The van der Waals surface area contributed by atoms with Gasteiger partial charge < -0.3 is 10.6 Å². The molecule has 2 N–H and O–H groups in total. The summed E-state index contributed by atoms with van der Waals surface area (Å²) in [6.45, 7) is 0. The zero-order valence-corrected chi connectivity index (χ0v) is 16.5. The molecule has 3 rings (SSSR count). The first-order valence-electron chi connectivity index (χ1n) is 8.47. The van der Waals surface area contributed by atoms with Crippen LogP contribution in [-0.4, -0.2) is 21.7 Å². The number of carbonyl (C=O) groups excluding carboxylic acids is 2. The van der Waals surface area contributed by atoms with Gasteiger partial charge in [-0.3, -0.25) is 19.7 Å². The van der Waals surface area contributed by atoms with Crippen LogP contribution in [-0.2, 0) is 11.2 Å². The van der Waals surface area contributed by atoms with Gasteiger partial charge in [-0.2, -0.15) is 0 Å². The normalized spacial score (nSPS) is 10.4. The minimum Gasteiger partial charge on any atom is -0.315 e. The standard InChI is InChI=1S/C19H15ClN4O4S/c20-13-7-8-14(16(10-13)24(27)28)21-18(26)15-11-29-19(22-15)23-17(25)9-6-12-4-2-1-3-5-12/h1-5,7-8,10-11H,6,9H2,(H,21,26)(H,22,23,25). The number of aromatic nitrogens is 1. The fourth-order valence-electron chi connectivity index (χ4n) is 2.47. The monoisotopic (exact) mass is 430 g/mol. The van der Waals surface area contributed by atoms with E-state index in [4.69, 9.17) is 11.6 Å². The Balaban J connectivity index is 1.60. The number of amides is 2. The van der Waals surface area contributed by atoms with Gasteiger partial charge in [-0.1, -0.05) is 41.9 Å². The van der Waals surface area contributed by atoms with Crippen LogP contribution in [0, 0.1) is 10.1 Å². The maximum Gasteiger partial charge on any atom is 0.294 e. The molecule has 0 unspecified atom stereocenters. The lowest BCUT2D eigenvalue weighted by molar-refractivity contribution is -0.383. The molecular weight excluding hydrogens is 416 g/mol. The Kier molecular flexibility index (Phi) is 6.53. The summed E-state index contributed by atoms with van der Waals surface area (Å²) < 4.78 is 0. The predicted octanol–water partition coefficient (Wildman–Crippen LogP) is 4.53. The van der Waals surface area contributed by atoms with Crippen molar-refractivity contribution >= 4 is 51.3 Å². The molecule has 0 fully saturated rings. The average Bonchev–Trinajstić information content (AvgIpc) is 3.17. The van der Waals surface area contributed by atoms with E-state index in [2.05, 4.69) is 15.6 Å². The number of aryl methyl sites for hydroxylation is 1. The molecule has 0 radical (unpaired) electrons. The van der Waals surface area contributed by atoms with Crippen LogP contribution in [0.15, 0.2) is 53.9 Å². The summed E-state index contributed by atoms with van der Waals surface area (Å²) in [7, 11) is 0. The Morgan fingerprint density at radius 1 is 1.14 bits per heavy atom. The van der Waals surface area contributed by atoms with Crippen molar-refractivity contribution in [1.82, 2.24) is 4.98 Å². The molecule has 0 spiro atoms. The third-order valence-electron chi connectivity index (χ3n) is 3.87. The Morgan fingerprint density at radius 2 is 1.90 bits per heavy atom. The molecule has 0 aliphatic carbocycles. The maximum absolute atomic E-state index is 12.3. The zero-order valence-electron chi connectivity index (χ0n) is 14.9. The van der Waals surface area contributed by atoms with E-state index in [-0.39, 0.29) is 39.6 Å². The SMILES string of the molecule is O=C(CCc1ccccc1)Nc1nc(C(=O)Nc2ccc(Cl)cc2[N+](=O)[O-])cs1. The van der Waals surface area contributed by atoms with Crippen molar-refractivity contribution in [3.05, 3.63) is 80.3 Å². The van der Waals surface area contributed by atoms with Crippen molar-refractivity contribution in [3.63, 3.8) is 0 Å². The molecule has 10 heteroatoms. The average molecular weight is 431 g/mol. The Bertz CT molecular complexity index is 1060. The van der Waals surface area contributed by atoms with E-state index in [9.17, 15) is 19.7 Å². The van der Waals surface area contributed by atoms with Crippen molar-refractivity contribution in [2.75, 3.05) is 10.6 Å². The third kappa shape index (κ3) is 5.59. The van der Waals surface area contributed by atoms with Crippen LogP contribution in [0.3, 0.4) is 0 Å². The van der Waals surface area contributed by atoms with Gasteiger partial charge in [0.05, 0.1) is 4.92 Å². The topological polar surface area (TPSA) is 114 Å². The van der Waals surface area contributed by atoms with Gasteiger partial charge in [0.15, 0.2) is 5.13 Å². The number of thiazole rings is 1. The summed E-state index contributed by atoms with van der Waals surface area (Å²) >= 11 is 6.86. The van der Waals surface area contributed by atoms with E-state index < -0.39 is 10.8 Å². The molecule has 0 aliphatic rings. The summed E-state index contributed by atoms with van der Waals surface area (Å²) in [6.07, 6.45) is 0.869. The number of nitrogens with one attached hydrogen (secondary N) is 2. The molecule has 0 saturated heterocycles. The number of carbonyl (C=O) groups is 2. The van der Waals surface area contributed by atoms with Crippen LogP contribution in [0.5, 0.6) is 0 Å². The molecule has 3 aromatic rings. The van der Waals surface area contributed by atoms with Gasteiger partial charge in [0.2, 0.25) is 5.91 Å². The lowest BCUT2D eigenvalue weighted by Crippen LogP contribution is -2.15. The molecule has 1 heterocycles. The molecule has 0 saturated carbocycles. The van der Waals surface area contributed by atoms with Gasteiger partial charge in [0.1, 0.15) is 11.4 Å². The molecule has 1 aromatic heterocycles. The summed E-state index contributed by atoms with van der Waals surface area (Å²) in [5.41, 5.74) is 0.769. The lowest BCUT2D eigenvalue weighted by Gasteiger charge is -2.05. The van der Waals surface area contributed by atoms with Crippen molar-refractivity contribution in [1.29, 1.82) is 0 Å². The van der Waals surface area contributed by atoms with Crippen LogP contribution in [0.4, 0.5) is 16.5 Å². The first-order chi connectivity index (χ1) is 13.9. The minimum atomic E-state index is -0.638. The van der Waals surface area contributed by atoms with E-state index in [0.29, 0.717) is 6.42 Å². The molecule has 0 bridgehead atoms. The molecule has 148 valence electrons. The molecule has 8 nitrogen and oxygen atoms in total. The number of benzene rings is 2. The van der Waals surface area contributed by atoms with E-state index in [1.54, 1.807) is 0 Å². The molecule has 0 atom stereocenters. The van der Waals surface area contributed by atoms with Gasteiger partial charge in [0, 0.05) is 22.9 Å². The van der Waals surface area contributed by atoms with Crippen molar-refractivity contribution in [3.8, 4) is 0 Å². The number of nitrogens with zero attached hydrogens (tertiary/aromatic N) is 2. The molecule has 0 aliphatic heterocycles. The fraction of sp³-hybridized carbons (Fsp3) is 0.105. The highest BCUT2D eigenvalue weighted by atomic mass is 35.5. The van der Waals surface area contributed by atoms with E-state index >= 15 is 0 Å². The van der Waals surface area contributed by atoms with Gasteiger partial charge in [-0.05, 0) is 24.1 Å². The number of nitro groups is 1. The van der Waals surface area contributed by atoms with E-state index in [0.717, 1.165) is 23.0 Å². The number of nitro benzene ring substituents is 1. The summed E-state index contributed by atoms with van der Waals surface area (Å²) in [4.78, 5) is 39.0. The number of halogens is 1. The molecule has 2 amide bonds. The minimum absolute atomic E-state index is 0.00541. The summed E-state index contributed by atoms with van der Waals surface area (Å²) in [5, 5.41) is 18.1. The first-order valence-corrected chi connectivity index (χ1v) is 9.73. The number of hydrogen-bond acceptors (Lipinski definition) is 6. The second-order valence-corrected chi connectivity index (χ2v) is 7.24. The third-order valence-corrected chi connectivity index (χ3v) is 4.86. The largest absolute Gasteiger partial charge is 0.315 e. The Morgan fingerprint density at radius 3 is 2.62 bits per heavy atom. The maximum atomic E-state index is 12.3. The number of anilines is 2. The Labute approximate surface area is 174 Å². The smallest absolute Gasteiger partial charge is 0.294 e. The van der Waals surface area contributed by atoms with Gasteiger partial charge in [-0.25, -0.2) is 4.98 Å². The van der Waals surface area contributed by atoms with Crippen LogP contribution >= 0.6 is 22.9 Å². The van der Waals surface area contributed by atoms with Crippen molar-refractivity contribution in [2.24, 2.45) is 0 Å². The predicted molar refractivity (Wildman–Crippen MR) is 112 cm³/mol. The quantitative estimate of drug-likeness (QED) is 0.422. The highest BCUT2D eigenvalue weighted by Gasteiger charge is 2.19. The van der Waals surface area contributed by atoms with E-state index in [1.807, 2.05) is 30.3 Å². The summed E-state index contributed by atoms with van der Waals surface area (Å²) in [6, 6.07) is 13.5. The second kappa shape index (κ2) is 9.26. The van der Waals surface area contributed by atoms with Gasteiger partial charge in [0.25, 0.3) is 11.6 Å². The second-order valence-electron chi connectivity index (χ2n) is 5.94. The van der Waals surface area contributed by atoms with Crippen LogP contribution in [0.2, 0.25) is 5.02 Å². The Hall–Kier alpha value is -3.30. The van der Waals surface area contributed by atoms with Crippen LogP contribution in [0.1, 0.15) is 22.5 Å². The highest BCUT2D eigenvalue weighted by molar-refractivity contribution is 7.14. The fourth-order valence-corrected chi connectivity index (χ4v) is 3.34. The highest BCUT2D eigenvalue weighted by Crippen LogP contribution is 2.28. The first kappa shape index (κ1) is 20.4. The molecule has 29 heavy (non-hydrogen) atoms. The van der Waals surface area contributed by atoms with Crippen LogP contribution < -0.4 is 10.6 Å². The molecule has 2 aromatic carbocycles. The van der Waals surface area contributed by atoms with Gasteiger partial charge in [-0.15, -0.1) is 11.3 Å². The van der Waals surface area contributed by atoms with Crippen molar-refractivity contribution < 1.29 is 14.5 Å².